The van der Waals surface area contributed by atoms with Crippen molar-refractivity contribution in [2.75, 3.05) is 51.0 Å². The largest absolute Gasteiger partial charge is 0.355 e. The molecule has 0 saturated carbocycles. The van der Waals surface area contributed by atoms with Crippen molar-refractivity contribution < 1.29 is 8.42 Å². The van der Waals surface area contributed by atoms with Crippen molar-refractivity contribution in [3.05, 3.63) is 35.9 Å². The van der Waals surface area contributed by atoms with Crippen LogP contribution in [-0.4, -0.2) is 74.6 Å². The number of sulfonamides is 1. The molecule has 1 aliphatic heterocycles. The molecule has 2 rings (SSSR count). The Bertz CT molecular complexity index is 633. The SMILES string of the molecule is CN(C)C(=NCc1ccccc1)NCCS(=O)(=O)N1CCSCC1.I. The third-order valence-corrected chi connectivity index (χ3v) is 6.50. The van der Waals surface area contributed by atoms with Crippen molar-refractivity contribution in [1.29, 1.82) is 0 Å². The molecule has 0 aromatic heterocycles. The van der Waals surface area contributed by atoms with Gasteiger partial charge in [-0.15, -0.1) is 24.0 Å². The van der Waals surface area contributed by atoms with E-state index in [9.17, 15) is 8.42 Å². The van der Waals surface area contributed by atoms with Gasteiger partial charge in [-0.3, -0.25) is 0 Å². The van der Waals surface area contributed by atoms with Crippen molar-refractivity contribution in [3.63, 3.8) is 0 Å². The van der Waals surface area contributed by atoms with Crippen LogP contribution in [-0.2, 0) is 16.6 Å². The molecule has 0 amide bonds. The van der Waals surface area contributed by atoms with Crippen LogP contribution in [0.15, 0.2) is 35.3 Å². The Balaban J connectivity index is 0.00000312. The molecule has 0 unspecified atom stereocenters. The highest BCUT2D eigenvalue weighted by Crippen LogP contribution is 2.13. The molecule has 0 spiro atoms. The van der Waals surface area contributed by atoms with E-state index in [4.69, 9.17) is 0 Å². The minimum absolute atomic E-state index is 0. The first-order chi connectivity index (χ1) is 11.5. The van der Waals surface area contributed by atoms with Gasteiger partial charge in [-0.05, 0) is 5.56 Å². The van der Waals surface area contributed by atoms with Crippen LogP contribution in [0.2, 0.25) is 0 Å². The van der Waals surface area contributed by atoms with Crippen LogP contribution in [0.5, 0.6) is 0 Å². The van der Waals surface area contributed by atoms with E-state index < -0.39 is 10.0 Å². The first-order valence-corrected chi connectivity index (χ1v) is 10.8. The van der Waals surface area contributed by atoms with Gasteiger partial charge in [0.05, 0.1) is 12.3 Å². The van der Waals surface area contributed by atoms with Crippen LogP contribution < -0.4 is 5.32 Å². The van der Waals surface area contributed by atoms with Crippen LogP contribution in [0.25, 0.3) is 0 Å². The number of aliphatic imine (C=N–C) groups is 1. The summed E-state index contributed by atoms with van der Waals surface area (Å²) in [7, 11) is 0.604. The maximum Gasteiger partial charge on any atom is 0.215 e. The summed E-state index contributed by atoms with van der Waals surface area (Å²) in [6, 6.07) is 9.99. The average Bonchev–Trinajstić information content (AvgIpc) is 2.59. The van der Waals surface area contributed by atoms with Gasteiger partial charge < -0.3 is 10.2 Å². The summed E-state index contributed by atoms with van der Waals surface area (Å²) in [5, 5.41) is 3.15. The quantitative estimate of drug-likeness (QED) is 0.368. The van der Waals surface area contributed by atoms with Crippen molar-refractivity contribution in [2.45, 2.75) is 6.54 Å². The van der Waals surface area contributed by atoms with E-state index in [0.717, 1.165) is 17.1 Å². The summed E-state index contributed by atoms with van der Waals surface area (Å²) in [5.41, 5.74) is 1.12. The lowest BCUT2D eigenvalue weighted by molar-refractivity contribution is 0.443. The Morgan fingerprint density at radius 2 is 1.88 bits per heavy atom. The molecule has 9 heteroatoms. The standard InChI is InChI=1S/C16H26N4O2S2.HI/c1-19(2)16(18-14-15-6-4-3-5-7-15)17-8-13-24(21,22)20-9-11-23-12-10-20;/h3-7H,8-14H2,1-2H3,(H,17,18);1H. The third-order valence-electron chi connectivity index (χ3n) is 3.68. The molecule has 0 bridgehead atoms. The molecule has 6 nitrogen and oxygen atoms in total. The number of hydrogen-bond acceptors (Lipinski definition) is 4. The van der Waals surface area contributed by atoms with Gasteiger partial charge in [0.1, 0.15) is 0 Å². The lowest BCUT2D eigenvalue weighted by atomic mass is 10.2. The number of halogens is 1. The van der Waals surface area contributed by atoms with Crippen LogP contribution in [0.4, 0.5) is 0 Å². The number of nitrogens with one attached hydrogen (secondary N) is 1. The molecule has 1 aliphatic rings. The molecule has 25 heavy (non-hydrogen) atoms. The van der Waals surface area contributed by atoms with Crippen LogP contribution in [0.3, 0.4) is 0 Å². The average molecular weight is 498 g/mol. The molecule has 0 atom stereocenters. The number of thioether (sulfide) groups is 1. The molecule has 1 aromatic rings. The normalized spacial score (nSPS) is 16.2. The Morgan fingerprint density at radius 3 is 2.48 bits per heavy atom. The van der Waals surface area contributed by atoms with E-state index in [2.05, 4.69) is 10.3 Å². The van der Waals surface area contributed by atoms with Crippen molar-refractivity contribution >= 4 is 51.7 Å². The second-order valence-electron chi connectivity index (χ2n) is 5.77. The second kappa shape index (κ2) is 11.2. The maximum atomic E-state index is 12.3. The monoisotopic (exact) mass is 498 g/mol. The zero-order valence-corrected chi connectivity index (χ0v) is 18.7. The lowest BCUT2D eigenvalue weighted by Gasteiger charge is -2.26. The van der Waals surface area contributed by atoms with Gasteiger partial charge in [0.25, 0.3) is 0 Å². The fourth-order valence-corrected chi connectivity index (χ4v) is 4.84. The van der Waals surface area contributed by atoms with Gasteiger partial charge in [-0.1, -0.05) is 30.3 Å². The number of hydrogen-bond donors (Lipinski definition) is 1. The van der Waals surface area contributed by atoms with E-state index in [0.29, 0.717) is 32.1 Å². The molecule has 0 radical (unpaired) electrons. The predicted octanol–water partition coefficient (Wildman–Crippen LogP) is 1.69. The maximum absolute atomic E-state index is 12.3. The topological polar surface area (TPSA) is 65.0 Å². The van der Waals surface area contributed by atoms with E-state index in [1.165, 1.54) is 0 Å². The van der Waals surface area contributed by atoms with Crippen LogP contribution in [0.1, 0.15) is 5.56 Å². The molecule has 1 aromatic carbocycles. The molecule has 0 aliphatic carbocycles. The molecule has 142 valence electrons. The molecular formula is C16H27IN4O2S2. The summed E-state index contributed by atoms with van der Waals surface area (Å²) in [4.78, 5) is 6.41. The first-order valence-electron chi connectivity index (χ1n) is 8.04. The fraction of sp³-hybridized carbons (Fsp3) is 0.562. The highest BCUT2D eigenvalue weighted by molar-refractivity contribution is 14.0. The molecule has 1 heterocycles. The minimum Gasteiger partial charge on any atom is -0.355 e. The van der Waals surface area contributed by atoms with E-state index in [-0.39, 0.29) is 29.7 Å². The summed E-state index contributed by atoms with van der Waals surface area (Å²) in [5.74, 6) is 2.56. The van der Waals surface area contributed by atoms with Crippen LogP contribution in [0, 0.1) is 0 Å². The van der Waals surface area contributed by atoms with Gasteiger partial charge in [-0.2, -0.15) is 11.8 Å². The van der Waals surface area contributed by atoms with Gasteiger partial charge in [0.15, 0.2) is 5.96 Å². The molecule has 1 fully saturated rings. The van der Waals surface area contributed by atoms with Crippen LogP contribution >= 0.6 is 35.7 Å². The lowest BCUT2D eigenvalue weighted by Crippen LogP contribution is -2.43. The molecule has 1 N–H and O–H groups in total. The Morgan fingerprint density at radius 1 is 1.24 bits per heavy atom. The van der Waals surface area contributed by atoms with Crippen molar-refractivity contribution in [2.24, 2.45) is 4.99 Å². The highest BCUT2D eigenvalue weighted by atomic mass is 127. The van der Waals surface area contributed by atoms with Crippen molar-refractivity contribution in [1.82, 2.24) is 14.5 Å². The first kappa shape index (κ1) is 22.5. The number of benzene rings is 1. The van der Waals surface area contributed by atoms with Gasteiger partial charge in [0.2, 0.25) is 10.0 Å². The summed E-state index contributed by atoms with van der Waals surface area (Å²) >= 11 is 1.80. The Hall–Kier alpha value is -0.520. The van der Waals surface area contributed by atoms with E-state index in [1.807, 2.05) is 49.3 Å². The van der Waals surface area contributed by atoms with E-state index in [1.54, 1.807) is 16.1 Å². The molecular weight excluding hydrogens is 471 g/mol. The fourth-order valence-electron chi connectivity index (χ4n) is 2.35. The summed E-state index contributed by atoms with van der Waals surface area (Å²) in [6.07, 6.45) is 0. The second-order valence-corrected chi connectivity index (χ2v) is 9.09. The Kier molecular flexibility index (Phi) is 10.1. The highest BCUT2D eigenvalue weighted by Gasteiger charge is 2.23. The minimum atomic E-state index is -3.19. The zero-order chi connectivity index (χ0) is 17.4. The van der Waals surface area contributed by atoms with Crippen molar-refractivity contribution in [3.8, 4) is 0 Å². The smallest absolute Gasteiger partial charge is 0.215 e. The number of rotatable bonds is 6. The van der Waals surface area contributed by atoms with E-state index >= 15 is 0 Å². The third kappa shape index (κ3) is 7.71. The number of nitrogens with zero attached hydrogens (tertiary/aromatic N) is 3. The van der Waals surface area contributed by atoms with Gasteiger partial charge in [0, 0.05) is 45.2 Å². The van der Waals surface area contributed by atoms with Gasteiger partial charge in [-0.25, -0.2) is 17.7 Å². The van der Waals surface area contributed by atoms with Gasteiger partial charge >= 0.3 is 0 Å². The predicted molar refractivity (Wildman–Crippen MR) is 117 cm³/mol. The molecule has 1 saturated heterocycles. The summed E-state index contributed by atoms with van der Waals surface area (Å²) in [6.45, 7) is 2.17. The number of guanidine groups is 1. The summed E-state index contributed by atoms with van der Waals surface area (Å²) < 4.78 is 26.3. The Labute approximate surface area is 172 Å². The zero-order valence-electron chi connectivity index (χ0n) is 14.7.